The zero-order chi connectivity index (χ0) is 22.5. The number of carbonyl (C=O) groups excluding carboxylic acids is 2. The molecule has 0 radical (unpaired) electrons. The van der Waals surface area contributed by atoms with Crippen LogP contribution in [0.2, 0.25) is 0 Å². The Morgan fingerprint density at radius 3 is 2.56 bits per heavy atom. The van der Waals surface area contributed by atoms with E-state index in [0.29, 0.717) is 36.3 Å². The third-order valence-electron chi connectivity index (χ3n) is 5.89. The minimum absolute atomic E-state index is 0.102. The largest absolute Gasteiger partial charge is 0.496 e. The number of ether oxygens (including phenoxy) is 4. The molecule has 166 valence electrons. The predicted molar refractivity (Wildman–Crippen MR) is 120 cm³/mol. The molecule has 4 rings (SSSR count). The normalized spacial score (nSPS) is 22.5. The highest BCUT2D eigenvalue weighted by Crippen LogP contribution is 2.37. The zero-order valence-electron chi connectivity index (χ0n) is 18.2. The third kappa shape index (κ3) is 4.69. The summed E-state index contributed by atoms with van der Waals surface area (Å²) in [6.45, 7) is 0. The van der Waals surface area contributed by atoms with Gasteiger partial charge in [-0.05, 0) is 42.2 Å². The first-order valence-electron chi connectivity index (χ1n) is 10.6. The van der Waals surface area contributed by atoms with Crippen molar-refractivity contribution in [3.05, 3.63) is 72.0 Å². The fourth-order valence-electron chi connectivity index (χ4n) is 4.22. The number of Topliss-reactive ketones (excluding diaryl/α,β-unsaturated/α-hetero) is 1. The van der Waals surface area contributed by atoms with Crippen molar-refractivity contribution in [2.75, 3.05) is 14.2 Å². The number of methoxy groups -OCH3 is 2. The molecule has 1 aliphatic carbocycles. The highest BCUT2D eigenvalue weighted by atomic mass is 16.5. The van der Waals surface area contributed by atoms with Crippen LogP contribution in [0.5, 0.6) is 11.5 Å². The van der Waals surface area contributed by atoms with Gasteiger partial charge in [0.05, 0.1) is 32.0 Å². The number of rotatable bonds is 6. The van der Waals surface area contributed by atoms with Crippen molar-refractivity contribution >= 4 is 23.4 Å². The second-order valence-corrected chi connectivity index (χ2v) is 7.86. The van der Waals surface area contributed by atoms with Crippen LogP contribution in [0.1, 0.15) is 30.4 Å². The summed E-state index contributed by atoms with van der Waals surface area (Å²) in [5.74, 6) is 0.683. The van der Waals surface area contributed by atoms with Crippen molar-refractivity contribution in [1.29, 1.82) is 0 Å². The van der Waals surface area contributed by atoms with Crippen LogP contribution >= 0.6 is 0 Å². The van der Waals surface area contributed by atoms with E-state index in [2.05, 4.69) is 0 Å². The lowest BCUT2D eigenvalue weighted by Gasteiger charge is -2.37. The summed E-state index contributed by atoms with van der Waals surface area (Å²) in [5.41, 5.74) is 2.27. The Kier molecular flexibility index (Phi) is 6.59. The summed E-state index contributed by atoms with van der Waals surface area (Å²) < 4.78 is 22.0. The first kappa shape index (κ1) is 21.7. The maximum absolute atomic E-state index is 13.0. The molecule has 1 heterocycles. The molecule has 2 aromatic rings. The Balaban J connectivity index is 1.35. The summed E-state index contributed by atoms with van der Waals surface area (Å²) in [5, 5.41) is 0. The highest BCUT2D eigenvalue weighted by Gasteiger charge is 2.41. The first-order chi connectivity index (χ1) is 15.6. The third-order valence-corrected chi connectivity index (χ3v) is 5.89. The van der Waals surface area contributed by atoms with Gasteiger partial charge in [0.2, 0.25) is 0 Å². The Labute approximate surface area is 187 Å². The van der Waals surface area contributed by atoms with Gasteiger partial charge in [-0.2, -0.15) is 0 Å². The lowest BCUT2D eigenvalue weighted by molar-refractivity contribution is -0.148. The number of ketones is 1. The SMILES string of the molecule is COc1ccc(/C=C/C(=O)OC2CCC3C(=O)C(c4ccccc4)=COC3C2)cc1OC. The molecule has 6 heteroatoms. The summed E-state index contributed by atoms with van der Waals surface area (Å²) >= 11 is 0. The van der Waals surface area contributed by atoms with Crippen LogP contribution in [0.4, 0.5) is 0 Å². The van der Waals surface area contributed by atoms with Crippen LogP contribution in [-0.2, 0) is 19.1 Å². The molecule has 1 aliphatic heterocycles. The number of hydrogen-bond donors (Lipinski definition) is 0. The van der Waals surface area contributed by atoms with Crippen molar-refractivity contribution in [2.45, 2.75) is 31.5 Å². The maximum atomic E-state index is 13.0. The lowest BCUT2D eigenvalue weighted by atomic mass is 9.78. The first-order valence-corrected chi connectivity index (χ1v) is 10.6. The lowest BCUT2D eigenvalue weighted by Crippen LogP contribution is -2.41. The smallest absolute Gasteiger partial charge is 0.331 e. The molecule has 0 spiro atoms. The van der Waals surface area contributed by atoms with Gasteiger partial charge >= 0.3 is 5.97 Å². The van der Waals surface area contributed by atoms with E-state index in [0.717, 1.165) is 11.1 Å². The Hall–Kier alpha value is -3.54. The molecule has 1 saturated carbocycles. The second kappa shape index (κ2) is 9.73. The van der Waals surface area contributed by atoms with Gasteiger partial charge in [-0.1, -0.05) is 36.4 Å². The van der Waals surface area contributed by atoms with Gasteiger partial charge in [-0.3, -0.25) is 4.79 Å². The van der Waals surface area contributed by atoms with Gasteiger partial charge < -0.3 is 18.9 Å². The van der Waals surface area contributed by atoms with Crippen molar-refractivity contribution in [1.82, 2.24) is 0 Å². The van der Waals surface area contributed by atoms with E-state index in [1.165, 1.54) is 6.08 Å². The number of allylic oxidation sites excluding steroid dienone is 1. The molecule has 0 saturated heterocycles. The summed E-state index contributed by atoms with van der Waals surface area (Å²) in [6.07, 6.45) is 5.85. The minimum atomic E-state index is -0.425. The predicted octanol–water partition coefficient (Wildman–Crippen LogP) is 4.44. The molecule has 3 unspecified atom stereocenters. The Morgan fingerprint density at radius 1 is 1.03 bits per heavy atom. The van der Waals surface area contributed by atoms with E-state index >= 15 is 0 Å². The van der Waals surface area contributed by atoms with Crippen molar-refractivity contribution < 1.29 is 28.5 Å². The monoisotopic (exact) mass is 434 g/mol. The molecular formula is C26H26O6. The molecule has 0 amide bonds. The van der Waals surface area contributed by atoms with Crippen LogP contribution in [-0.4, -0.2) is 38.2 Å². The fourth-order valence-corrected chi connectivity index (χ4v) is 4.22. The molecule has 2 aromatic carbocycles. The number of fused-ring (bicyclic) bond motifs is 1. The van der Waals surface area contributed by atoms with Crippen LogP contribution in [0, 0.1) is 5.92 Å². The molecule has 3 atom stereocenters. The van der Waals surface area contributed by atoms with E-state index in [9.17, 15) is 9.59 Å². The summed E-state index contributed by atoms with van der Waals surface area (Å²) in [7, 11) is 3.13. The molecule has 2 aliphatic rings. The van der Waals surface area contributed by atoms with E-state index in [4.69, 9.17) is 18.9 Å². The Bertz CT molecular complexity index is 1040. The molecule has 32 heavy (non-hydrogen) atoms. The summed E-state index contributed by atoms with van der Waals surface area (Å²) in [4.78, 5) is 25.3. The quantitative estimate of drug-likeness (QED) is 0.495. The number of hydrogen-bond acceptors (Lipinski definition) is 6. The van der Waals surface area contributed by atoms with Crippen LogP contribution < -0.4 is 9.47 Å². The van der Waals surface area contributed by atoms with Crippen molar-refractivity contribution in [3.8, 4) is 11.5 Å². The van der Waals surface area contributed by atoms with Gasteiger partial charge in [-0.25, -0.2) is 4.79 Å². The van der Waals surface area contributed by atoms with E-state index in [-0.39, 0.29) is 23.9 Å². The van der Waals surface area contributed by atoms with E-state index in [1.807, 2.05) is 36.4 Å². The van der Waals surface area contributed by atoms with Crippen LogP contribution in [0.25, 0.3) is 11.6 Å². The molecule has 0 aromatic heterocycles. The van der Waals surface area contributed by atoms with Gasteiger partial charge in [0.25, 0.3) is 0 Å². The standard InChI is InChI=1S/C26H26O6/c1-29-22-12-8-17(14-24(22)30-2)9-13-25(27)32-19-10-11-20-23(15-19)31-16-21(26(20)28)18-6-4-3-5-7-18/h3-9,12-14,16,19-20,23H,10-11,15H2,1-2H3/b13-9+. The molecule has 6 nitrogen and oxygen atoms in total. The van der Waals surface area contributed by atoms with Gasteiger partial charge in [0, 0.05) is 12.5 Å². The van der Waals surface area contributed by atoms with Crippen LogP contribution in [0.3, 0.4) is 0 Å². The average molecular weight is 434 g/mol. The average Bonchev–Trinajstić information content (AvgIpc) is 2.83. The molecular weight excluding hydrogens is 408 g/mol. The van der Waals surface area contributed by atoms with E-state index in [1.54, 1.807) is 38.7 Å². The second-order valence-electron chi connectivity index (χ2n) is 7.86. The van der Waals surface area contributed by atoms with Crippen molar-refractivity contribution in [3.63, 3.8) is 0 Å². The number of esters is 1. The summed E-state index contributed by atoms with van der Waals surface area (Å²) in [6, 6.07) is 14.9. The van der Waals surface area contributed by atoms with Gasteiger partial charge in [0.1, 0.15) is 12.2 Å². The van der Waals surface area contributed by atoms with Gasteiger partial charge in [-0.15, -0.1) is 0 Å². The van der Waals surface area contributed by atoms with E-state index < -0.39 is 5.97 Å². The molecule has 1 fully saturated rings. The fraction of sp³-hybridized carbons (Fsp3) is 0.308. The number of benzene rings is 2. The maximum Gasteiger partial charge on any atom is 0.331 e. The van der Waals surface area contributed by atoms with Crippen LogP contribution in [0.15, 0.2) is 60.9 Å². The molecule has 0 N–H and O–H groups in total. The number of carbonyl (C=O) groups is 2. The zero-order valence-corrected chi connectivity index (χ0v) is 18.2. The van der Waals surface area contributed by atoms with Crippen molar-refractivity contribution in [2.24, 2.45) is 5.92 Å². The highest BCUT2D eigenvalue weighted by molar-refractivity contribution is 6.22. The Morgan fingerprint density at radius 2 is 1.81 bits per heavy atom. The minimum Gasteiger partial charge on any atom is -0.496 e. The topological polar surface area (TPSA) is 71.1 Å². The van der Waals surface area contributed by atoms with Gasteiger partial charge in [0.15, 0.2) is 17.3 Å². The molecule has 0 bridgehead atoms.